The summed E-state index contributed by atoms with van der Waals surface area (Å²) in [5.74, 6) is -1.34. The highest BCUT2D eigenvalue weighted by atomic mass is 19.1. The Bertz CT molecular complexity index is 978. The van der Waals surface area contributed by atoms with Crippen LogP contribution in [-0.2, 0) is 0 Å². The molecule has 1 heterocycles. The van der Waals surface area contributed by atoms with Crippen LogP contribution in [0.4, 0.5) is 4.39 Å². The Hall–Kier alpha value is -3.65. The molecule has 122 valence electrons. The summed E-state index contributed by atoms with van der Waals surface area (Å²) < 4.78 is 14.9. The second-order valence-corrected chi connectivity index (χ2v) is 5.33. The lowest BCUT2D eigenvalue weighted by Gasteiger charge is -2.08. The fraction of sp³-hybridized carbons (Fsp3) is 0. The first-order valence-corrected chi connectivity index (χ1v) is 7.47. The molecule has 0 saturated carbocycles. The molecule has 0 atom stereocenters. The van der Waals surface area contributed by atoms with E-state index in [1.165, 1.54) is 24.3 Å². The van der Waals surface area contributed by atoms with Gasteiger partial charge in [0, 0.05) is 17.6 Å². The molecule has 0 aliphatic heterocycles. The summed E-state index contributed by atoms with van der Waals surface area (Å²) >= 11 is 0. The van der Waals surface area contributed by atoms with Gasteiger partial charge in [0.1, 0.15) is 5.82 Å². The van der Waals surface area contributed by atoms with E-state index in [0.717, 1.165) is 11.4 Å². The Morgan fingerprint density at radius 3 is 2.28 bits per heavy atom. The van der Waals surface area contributed by atoms with E-state index in [0.29, 0.717) is 11.1 Å². The number of aromatic carboxylic acids is 1. The van der Waals surface area contributed by atoms with E-state index in [1.54, 1.807) is 30.3 Å². The van der Waals surface area contributed by atoms with Crippen molar-refractivity contribution in [2.24, 2.45) is 0 Å². The number of carboxylic acid groups (broad SMARTS) is 1. The van der Waals surface area contributed by atoms with Gasteiger partial charge in [-0.2, -0.15) is 5.26 Å². The van der Waals surface area contributed by atoms with Crippen molar-refractivity contribution in [1.29, 1.82) is 5.26 Å². The zero-order valence-electron chi connectivity index (χ0n) is 13.1. The van der Waals surface area contributed by atoms with Gasteiger partial charge < -0.3 is 9.67 Å². The number of hydrogen-bond donors (Lipinski definition) is 1. The number of aromatic nitrogens is 1. The number of carboxylic acids is 1. The highest BCUT2D eigenvalue weighted by Gasteiger charge is 2.07. The Morgan fingerprint density at radius 1 is 1.04 bits per heavy atom. The molecule has 5 heteroatoms. The number of nitriles is 1. The van der Waals surface area contributed by atoms with Gasteiger partial charge in [0.15, 0.2) is 0 Å². The maximum Gasteiger partial charge on any atom is 0.335 e. The quantitative estimate of drug-likeness (QED) is 0.721. The van der Waals surface area contributed by atoms with Gasteiger partial charge in [-0.3, -0.25) is 0 Å². The van der Waals surface area contributed by atoms with Crippen LogP contribution in [0.1, 0.15) is 21.6 Å². The van der Waals surface area contributed by atoms with Crippen LogP contribution in [0.2, 0.25) is 0 Å². The molecular formula is C20H13FN2O2. The third-order valence-corrected chi connectivity index (χ3v) is 3.74. The van der Waals surface area contributed by atoms with Crippen LogP contribution in [0, 0.1) is 17.1 Å². The smallest absolute Gasteiger partial charge is 0.335 e. The minimum Gasteiger partial charge on any atom is -0.478 e. The van der Waals surface area contributed by atoms with E-state index in [2.05, 4.69) is 6.07 Å². The Labute approximate surface area is 143 Å². The molecule has 0 fully saturated rings. The molecule has 0 aliphatic rings. The molecule has 25 heavy (non-hydrogen) atoms. The van der Waals surface area contributed by atoms with Crippen molar-refractivity contribution in [3.63, 3.8) is 0 Å². The monoisotopic (exact) mass is 332 g/mol. The molecule has 0 amide bonds. The van der Waals surface area contributed by atoms with Gasteiger partial charge in [-0.05, 0) is 60.2 Å². The lowest BCUT2D eigenvalue weighted by Crippen LogP contribution is -1.99. The predicted octanol–water partition coefficient (Wildman–Crippen LogP) is 4.38. The summed E-state index contributed by atoms with van der Waals surface area (Å²) in [6.45, 7) is 0. The number of allylic oxidation sites excluding steroid dienone is 1. The van der Waals surface area contributed by atoms with Gasteiger partial charge in [0.2, 0.25) is 0 Å². The van der Waals surface area contributed by atoms with Crippen molar-refractivity contribution in [3.05, 3.63) is 89.5 Å². The van der Waals surface area contributed by atoms with E-state index in [-0.39, 0.29) is 11.4 Å². The molecule has 1 N–H and O–H groups in total. The zero-order chi connectivity index (χ0) is 17.8. The van der Waals surface area contributed by atoms with Gasteiger partial charge in [-0.15, -0.1) is 0 Å². The molecule has 1 aromatic heterocycles. The first-order valence-electron chi connectivity index (χ1n) is 7.47. The molecule has 0 aliphatic carbocycles. The SMILES string of the molecule is N#C/C(=C/c1cccn1-c1ccc(C(=O)O)cc1)c1ccc(F)cc1. The van der Waals surface area contributed by atoms with Crippen molar-refractivity contribution in [1.82, 2.24) is 4.57 Å². The summed E-state index contributed by atoms with van der Waals surface area (Å²) in [6, 6.07) is 18.0. The average molecular weight is 332 g/mol. The van der Waals surface area contributed by atoms with Gasteiger partial charge in [-0.25, -0.2) is 9.18 Å². The van der Waals surface area contributed by atoms with Crippen LogP contribution in [-0.4, -0.2) is 15.6 Å². The summed E-state index contributed by atoms with van der Waals surface area (Å²) in [5, 5.41) is 18.4. The molecular weight excluding hydrogens is 319 g/mol. The van der Waals surface area contributed by atoms with Crippen LogP contribution >= 0.6 is 0 Å². The van der Waals surface area contributed by atoms with E-state index in [9.17, 15) is 14.4 Å². The van der Waals surface area contributed by atoms with E-state index in [1.807, 2.05) is 22.9 Å². The third-order valence-electron chi connectivity index (χ3n) is 3.74. The number of carbonyl (C=O) groups is 1. The predicted molar refractivity (Wildman–Crippen MR) is 92.6 cm³/mol. The van der Waals surface area contributed by atoms with E-state index >= 15 is 0 Å². The van der Waals surface area contributed by atoms with E-state index < -0.39 is 5.97 Å². The minimum absolute atomic E-state index is 0.206. The van der Waals surface area contributed by atoms with Crippen LogP contribution in [0.3, 0.4) is 0 Å². The molecule has 0 unspecified atom stereocenters. The molecule has 0 spiro atoms. The highest BCUT2D eigenvalue weighted by molar-refractivity contribution is 5.89. The fourth-order valence-corrected chi connectivity index (χ4v) is 2.47. The van der Waals surface area contributed by atoms with Crippen LogP contribution in [0.15, 0.2) is 66.9 Å². The second kappa shape index (κ2) is 6.85. The zero-order valence-corrected chi connectivity index (χ0v) is 13.1. The average Bonchev–Trinajstić information content (AvgIpc) is 3.09. The normalized spacial score (nSPS) is 11.1. The summed E-state index contributed by atoms with van der Waals surface area (Å²) in [5.41, 5.74) is 2.76. The van der Waals surface area contributed by atoms with Crippen molar-refractivity contribution in [2.45, 2.75) is 0 Å². The van der Waals surface area contributed by atoms with Crippen molar-refractivity contribution in [2.75, 3.05) is 0 Å². The van der Waals surface area contributed by atoms with Crippen LogP contribution in [0.5, 0.6) is 0 Å². The lowest BCUT2D eigenvalue weighted by molar-refractivity contribution is 0.0697. The summed E-state index contributed by atoms with van der Waals surface area (Å²) in [7, 11) is 0. The molecule has 0 saturated heterocycles. The number of nitrogens with zero attached hydrogens (tertiary/aromatic N) is 2. The first-order chi connectivity index (χ1) is 12.1. The number of halogens is 1. The molecule has 4 nitrogen and oxygen atoms in total. The first kappa shape index (κ1) is 16.2. The van der Waals surface area contributed by atoms with E-state index in [4.69, 9.17) is 5.11 Å². The highest BCUT2D eigenvalue weighted by Crippen LogP contribution is 2.21. The van der Waals surface area contributed by atoms with Gasteiger partial charge in [-0.1, -0.05) is 12.1 Å². The summed E-state index contributed by atoms with van der Waals surface area (Å²) in [4.78, 5) is 11.0. The van der Waals surface area contributed by atoms with Crippen molar-refractivity contribution < 1.29 is 14.3 Å². The Kier molecular flexibility index (Phi) is 4.44. The fourth-order valence-electron chi connectivity index (χ4n) is 2.47. The second-order valence-electron chi connectivity index (χ2n) is 5.33. The molecule has 2 aromatic carbocycles. The van der Waals surface area contributed by atoms with Gasteiger partial charge in [0.05, 0.1) is 17.2 Å². The molecule has 3 rings (SSSR count). The minimum atomic E-state index is -0.984. The third kappa shape index (κ3) is 3.48. The standard InChI is InChI=1S/C20H13FN2O2/c21-17-7-3-14(4-8-17)16(13-22)12-19-2-1-11-23(19)18-9-5-15(6-10-18)20(24)25/h1-12H,(H,24,25)/b16-12-. The number of hydrogen-bond acceptors (Lipinski definition) is 2. The Balaban J connectivity index is 1.99. The number of benzene rings is 2. The van der Waals surface area contributed by atoms with Crippen molar-refractivity contribution >= 4 is 17.6 Å². The largest absolute Gasteiger partial charge is 0.478 e. The van der Waals surface area contributed by atoms with Gasteiger partial charge >= 0.3 is 5.97 Å². The Morgan fingerprint density at radius 2 is 1.68 bits per heavy atom. The summed E-state index contributed by atoms with van der Waals surface area (Å²) in [6.07, 6.45) is 3.53. The maximum absolute atomic E-state index is 13.1. The topological polar surface area (TPSA) is 66.0 Å². The van der Waals surface area contributed by atoms with Gasteiger partial charge in [0.25, 0.3) is 0 Å². The van der Waals surface area contributed by atoms with Crippen molar-refractivity contribution in [3.8, 4) is 11.8 Å². The van der Waals surface area contributed by atoms with Crippen LogP contribution in [0.25, 0.3) is 17.3 Å². The van der Waals surface area contributed by atoms with Crippen LogP contribution < -0.4 is 0 Å². The molecule has 0 radical (unpaired) electrons. The molecule has 3 aromatic rings. The number of rotatable bonds is 4. The molecule has 0 bridgehead atoms. The lowest BCUT2D eigenvalue weighted by atomic mass is 10.1. The maximum atomic E-state index is 13.1.